The van der Waals surface area contributed by atoms with Gasteiger partial charge in [-0.25, -0.2) is 4.79 Å². The van der Waals surface area contributed by atoms with E-state index in [9.17, 15) is 9.59 Å². The van der Waals surface area contributed by atoms with Gasteiger partial charge in [0.2, 0.25) is 5.88 Å². The number of rotatable bonds is 2. The zero-order chi connectivity index (χ0) is 10.0. The van der Waals surface area contributed by atoms with Crippen molar-refractivity contribution in [3.63, 3.8) is 0 Å². The third-order valence-electron chi connectivity index (χ3n) is 1.42. The molecule has 0 saturated carbocycles. The van der Waals surface area contributed by atoms with E-state index in [4.69, 9.17) is 9.84 Å². The first-order valence-electron chi connectivity index (χ1n) is 3.68. The molecule has 0 spiro atoms. The summed E-state index contributed by atoms with van der Waals surface area (Å²) < 4.78 is 4.79. The quantitative estimate of drug-likeness (QED) is 0.521. The molecule has 3 N–H and O–H groups in total. The van der Waals surface area contributed by atoms with Gasteiger partial charge in [0, 0.05) is 0 Å². The molecule has 0 aliphatic heterocycles. The Morgan fingerprint density at radius 3 is 2.54 bits per heavy atom. The fourth-order valence-corrected chi connectivity index (χ4v) is 0.816. The standard InChI is InChI=1S/C7H10N2O4/c1-3-5(11)8-7(12)9-6(3)13-4(2)10/h4,10H,1-2H3,(H2,8,9,11,12). The van der Waals surface area contributed by atoms with E-state index >= 15 is 0 Å². The van der Waals surface area contributed by atoms with Crippen molar-refractivity contribution in [2.75, 3.05) is 0 Å². The highest BCUT2D eigenvalue weighted by atomic mass is 16.6. The number of hydrogen-bond acceptors (Lipinski definition) is 4. The Labute approximate surface area is 73.2 Å². The van der Waals surface area contributed by atoms with Gasteiger partial charge in [0.1, 0.15) is 0 Å². The maximum absolute atomic E-state index is 11.0. The second-order valence-electron chi connectivity index (χ2n) is 2.58. The predicted octanol–water partition coefficient (Wildman–Crippen LogP) is -0.911. The van der Waals surface area contributed by atoms with Crippen LogP contribution in [0.1, 0.15) is 12.5 Å². The van der Waals surface area contributed by atoms with Crippen LogP contribution in [0.4, 0.5) is 0 Å². The number of hydrogen-bond donors (Lipinski definition) is 3. The average molecular weight is 186 g/mol. The average Bonchev–Trinajstić information content (AvgIpc) is 1.98. The molecule has 1 atom stereocenters. The molecule has 6 heteroatoms. The number of H-pyrrole nitrogens is 2. The highest BCUT2D eigenvalue weighted by Gasteiger charge is 2.07. The number of aromatic nitrogens is 2. The maximum atomic E-state index is 11.0. The molecule has 0 fully saturated rings. The summed E-state index contributed by atoms with van der Waals surface area (Å²) in [5, 5.41) is 8.86. The molecule has 1 aromatic rings. The van der Waals surface area contributed by atoms with E-state index in [1.165, 1.54) is 13.8 Å². The van der Waals surface area contributed by atoms with E-state index in [0.717, 1.165) is 0 Å². The predicted molar refractivity (Wildman–Crippen MR) is 44.7 cm³/mol. The number of aromatic amines is 2. The van der Waals surface area contributed by atoms with Gasteiger partial charge >= 0.3 is 5.69 Å². The molecular weight excluding hydrogens is 176 g/mol. The number of aliphatic hydroxyl groups is 1. The molecular formula is C7H10N2O4. The largest absolute Gasteiger partial charge is 0.450 e. The smallest absolute Gasteiger partial charge is 0.328 e. The fraction of sp³-hybridized carbons (Fsp3) is 0.429. The van der Waals surface area contributed by atoms with Crippen molar-refractivity contribution in [1.29, 1.82) is 0 Å². The molecule has 13 heavy (non-hydrogen) atoms. The molecule has 0 aliphatic rings. The number of nitrogens with one attached hydrogen (secondary N) is 2. The van der Waals surface area contributed by atoms with Crippen LogP contribution in [0.3, 0.4) is 0 Å². The Balaban J connectivity index is 3.21. The highest BCUT2D eigenvalue weighted by Crippen LogP contribution is 2.06. The van der Waals surface area contributed by atoms with Crippen molar-refractivity contribution in [3.05, 3.63) is 26.4 Å². The molecule has 0 radical (unpaired) electrons. The lowest BCUT2D eigenvalue weighted by atomic mass is 10.4. The van der Waals surface area contributed by atoms with E-state index in [0.29, 0.717) is 0 Å². The van der Waals surface area contributed by atoms with E-state index < -0.39 is 17.5 Å². The van der Waals surface area contributed by atoms with Gasteiger partial charge < -0.3 is 9.84 Å². The van der Waals surface area contributed by atoms with Crippen molar-refractivity contribution < 1.29 is 9.84 Å². The lowest BCUT2D eigenvalue weighted by Crippen LogP contribution is -2.26. The van der Waals surface area contributed by atoms with Crippen LogP contribution >= 0.6 is 0 Å². The minimum Gasteiger partial charge on any atom is -0.450 e. The van der Waals surface area contributed by atoms with Gasteiger partial charge in [0.15, 0.2) is 6.29 Å². The second kappa shape index (κ2) is 3.44. The van der Waals surface area contributed by atoms with E-state index in [2.05, 4.69) is 4.98 Å². The molecule has 0 saturated heterocycles. The van der Waals surface area contributed by atoms with Crippen LogP contribution in [0.25, 0.3) is 0 Å². The zero-order valence-electron chi connectivity index (χ0n) is 7.25. The number of ether oxygens (including phenoxy) is 1. The normalized spacial score (nSPS) is 12.5. The van der Waals surface area contributed by atoms with Crippen LogP contribution in [0, 0.1) is 6.92 Å². The third kappa shape index (κ3) is 2.19. The van der Waals surface area contributed by atoms with Crippen LogP contribution in [-0.2, 0) is 0 Å². The summed E-state index contributed by atoms with van der Waals surface area (Å²) in [7, 11) is 0. The fourth-order valence-electron chi connectivity index (χ4n) is 0.816. The van der Waals surface area contributed by atoms with Crippen LogP contribution < -0.4 is 16.0 Å². The summed E-state index contributed by atoms with van der Waals surface area (Å²) in [6.45, 7) is 2.85. The molecule has 0 aromatic carbocycles. The van der Waals surface area contributed by atoms with Gasteiger partial charge in [-0.3, -0.25) is 14.8 Å². The summed E-state index contributed by atoms with van der Waals surface area (Å²) in [5.74, 6) is -0.0104. The maximum Gasteiger partial charge on any atom is 0.328 e. The van der Waals surface area contributed by atoms with Gasteiger partial charge in [-0.2, -0.15) is 0 Å². The first-order valence-corrected chi connectivity index (χ1v) is 3.68. The topological polar surface area (TPSA) is 95.2 Å². The summed E-state index contributed by atoms with van der Waals surface area (Å²) in [5.41, 5.74) is -0.967. The Bertz CT molecular complexity index is 404. The molecule has 1 rings (SSSR count). The van der Waals surface area contributed by atoms with Crippen LogP contribution in [0.2, 0.25) is 0 Å². The summed E-state index contributed by atoms with van der Waals surface area (Å²) >= 11 is 0. The van der Waals surface area contributed by atoms with Gasteiger partial charge in [-0.05, 0) is 13.8 Å². The summed E-state index contributed by atoms with van der Waals surface area (Å²) in [6, 6.07) is 0. The molecule has 0 amide bonds. The molecule has 1 unspecified atom stereocenters. The van der Waals surface area contributed by atoms with Gasteiger partial charge in [0.05, 0.1) is 5.56 Å². The Morgan fingerprint density at radius 2 is 2.00 bits per heavy atom. The minimum absolute atomic E-state index is 0.0104. The molecule has 0 aliphatic carbocycles. The monoisotopic (exact) mass is 186 g/mol. The van der Waals surface area contributed by atoms with Crippen molar-refractivity contribution >= 4 is 0 Å². The van der Waals surface area contributed by atoms with Crippen molar-refractivity contribution in [3.8, 4) is 5.88 Å². The van der Waals surface area contributed by atoms with Gasteiger partial charge in [-0.15, -0.1) is 0 Å². The van der Waals surface area contributed by atoms with E-state index in [1.54, 1.807) is 0 Å². The Kier molecular flexibility index (Phi) is 2.52. The molecule has 6 nitrogen and oxygen atoms in total. The van der Waals surface area contributed by atoms with E-state index in [-0.39, 0.29) is 11.4 Å². The van der Waals surface area contributed by atoms with Gasteiger partial charge in [0.25, 0.3) is 5.56 Å². The van der Waals surface area contributed by atoms with Gasteiger partial charge in [-0.1, -0.05) is 0 Å². The lowest BCUT2D eigenvalue weighted by molar-refractivity contribution is -0.00462. The molecule has 1 aromatic heterocycles. The summed E-state index contributed by atoms with van der Waals surface area (Å²) in [6.07, 6.45) is -1.07. The van der Waals surface area contributed by atoms with Crippen molar-refractivity contribution in [1.82, 2.24) is 9.97 Å². The lowest BCUT2D eigenvalue weighted by Gasteiger charge is -2.08. The highest BCUT2D eigenvalue weighted by molar-refractivity contribution is 5.19. The first kappa shape index (κ1) is 9.53. The zero-order valence-corrected chi connectivity index (χ0v) is 7.25. The molecule has 1 heterocycles. The summed E-state index contributed by atoms with van der Waals surface area (Å²) in [4.78, 5) is 26.1. The Morgan fingerprint density at radius 1 is 1.38 bits per heavy atom. The van der Waals surface area contributed by atoms with E-state index in [1.807, 2.05) is 4.98 Å². The minimum atomic E-state index is -1.07. The van der Waals surface area contributed by atoms with Crippen molar-refractivity contribution in [2.24, 2.45) is 0 Å². The SMILES string of the molecule is Cc1c(OC(C)O)[nH]c(=O)[nH]c1=O. The second-order valence-corrected chi connectivity index (χ2v) is 2.58. The first-order chi connectivity index (χ1) is 6.00. The molecule has 72 valence electrons. The number of aliphatic hydroxyl groups excluding tert-OH is 1. The third-order valence-corrected chi connectivity index (χ3v) is 1.42. The van der Waals surface area contributed by atoms with Crippen LogP contribution in [0.15, 0.2) is 9.59 Å². The Hall–Kier alpha value is -1.56. The molecule has 0 bridgehead atoms. The van der Waals surface area contributed by atoms with Crippen molar-refractivity contribution in [2.45, 2.75) is 20.1 Å². The van der Waals surface area contributed by atoms with Crippen LogP contribution in [0.5, 0.6) is 5.88 Å². The van der Waals surface area contributed by atoms with Crippen LogP contribution in [-0.4, -0.2) is 21.4 Å².